The van der Waals surface area contributed by atoms with Crippen LogP contribution < -0.4 is 10.6 Å². The minimum absolute atomic E-state index is 0.0700. The number of benzene rings is 3. The highest BCUT2D eigenvalue weighted by Gasteiger charge is 2.31. The number of aromatic nitrogens is 2. The third-order valence-corrected chi connectivity index (χ3v) is 7.67. The lowest BCUT2D eigenvalue weighted by Crippen LogP contribution is -2.56. The second-order valence-electron chi connectivity index (χ2n) is 10.9. The number of hydrogen-bond acceptors (Lipinski definition) is 8. The Kier molecular flexibility index (Phi) is 10.7. The van der Waals surface area contributed by atoms with Crippen molar-refractivity contribution in [1.82, 2.24) is 25.1 Å². The van der Waals surface area contributed by atoms with Gasteiger partial charge in [0, 0.05) is 50.8 Å². The van der Waals surface area contributed by atoms with Crippen molar-refractivity contribution in [2.45, 2.75) is 25.9 Å². The molecule has 1 aromatic heterocycles. The second-order valence-corrected chi connectivity index (χ2v) is 10.9. The molecule has 0 aliphatic carbocycles. The predicted octanol–water partition coefficient (Wildman–Crippen LogP) is 4.10. The van der Waals surface area contributed by atoms with Gasteiger partial charge in [0.2, 0.25) is 5.91 Å². The quantitative estimate of drug-likeness (QED) is 0.221. The van der Waals surface area contributed by atoms with Gasteiger partial charge >= 0.3 is 12.1 Å². The summed E-state index contributed by atoms with van der Waals surface area (Å²) in [4.78, 5) is 63.7. The maximum absolute atomic E-state index is 13.9. The van der Waals surface area contributed by atoms with Crippen molar-refractivity contribution in [2.24, 2.45) is 0 Å². The first-order valence-corrected chi connectivity index (χ1v) is 15.4. The van der Waals surface area contributed by atoms with E-state index >= 15 is 0 Å². The van der Waals surface area contributed by atoms with E-state index in [2.05, 4.69) is 20.6 Å². The SMILES string of the molecule is CCOC(=O)N1CCN(C(=O)[C@H](Cc2ccc(C(=O)O)cc2)NC(=O)c2cc(NCc3ccccc3)nc(-c3ccccc3)n2)CC1. The van der Waals surface area contributed by atoms with E-state index < -0.39 is 24.0 Å². The van der Waals surface area contributed by atoms with Crippen molar-refractivity contribution in [3.8, 4) is 11.4 Å². The fourth-order valence-electron chi connectivity index (χ4n) is 5.15. The number of carboxylic acids is 1. The zero-order chi connectivity index (χ0) is 33.2. The van der Waals surface area contributed by atoms with Crippen LogP contribution in [0.4, 0.5) is 10.6 Å². The van der Waals surface area contributed by atoms with Crippen LogP contribution >= 0.6 is 0 Å². The molecule has 1 fully saturated rings. The monoisotopic (exact) mass is 636 g/mol. The van der Waals surface area contributed by atoms with Gasteiger partial charge in [0.05, 0.1) is 12.2 Å². The van der Waals surface area contributed by atoms with Gasteiger partial charge in [0.15, 0.2) is 5.82 Å². The van der Waals surface area contributed by atoms with Crippen molar-refractivity contribution in [2.75, 3.05) is 38.1 Å². The zero-order valence-electron chi connectivity index (χ0n) is 26.0. The Labute approximate surface area is 272 Å². The van der Waals surface area contributed by atoms with E-state index in [1.807, 2.05) is 60.7 Å². The van der Waals surface area contributed by atoms with E-state index in [4.69, 9.17) is 4.74 Å². The van der Waals surface area contributed by atoms with Gasteiger partial charge in [-0.05, 0) is 30.2 Å². The maximum atomic E-state index is 13.9. The average Bonchev–Trinajstić information content (AvgIpc) is 3.11. The standard InChI is InChI=1S/C35H36N6O6/c1-2-47-35(46)41-19-17-40(18-20-41)33(43)29(21-24-13-15-27(16-14-24)34(44)45)38-32(42)28-22-30(36-23-25-9-5-3-6-10-25)39-31(37-28)26-11-7-4-8-12-26/h3-16,22,29H,2,17-21,23H2,1H3,(H,38,42)(H,44,45)(H,36,37,39)/t29-/m0/s1. The van der Waals surface area contributed by atoms with E-state index in [-0.39, 0.29) is 43.3 Å². The molecule has 0 unspecified atom stereocenters. The topological polar surface area (TPSA) is 154 Å². The van der Waals surface area contributed by atoms with Gasteiger partial charge in [-0.25, -0.2) is 19.6 Å². The normalized spacial score (nSPS) is 13.4. The number of ether oxygens (including phenoxy) is 1. The Hall–Kier alpha value is -5.78. The minimum atomic E-state index is -1.06. The van der Waals surface area contributed by atoms with Crippen LogP contribution in [-0.2, 0) is 22.5 Å². The average molecular weight is 637 g/mol. The summed E-state index contributed by atoms with van der Waals surface area (Å²) in [6.45, 7) is 3.57. The van der Waals surface area contributed by atoms with Gasteiger partial charge in [0.1, 0.15) is 17.6 Å². The molecule has 5 rings (SSSR count). The zero-order valence-corrected chi connectivity index (χ0v) is 26.0. The molecule has 0 bridgehead atoms. The van der Waals surface area contributed by atoms with Gasteiger partial charge in [0.25, 0.3) is 5.91 Å². The number of carbonyl (C=O) groups is 4. The molecule has 3 amide bonds. The van der Waals surface area contributed by atoms with Crippen LogP contribution in [0.5, 0.6) is 0 Å². The Morgan fingerprint density at radius 2 is 1.47 bits per heavy atom. The van der Waals surface area contributed by atoms with Gasteiger partial charge in [-0.15, -0.1) is 0 Å². The van der Waals surface area contributed by atoms with Crippen LogP contribution in [-0.4, -0.2) is 87.6 Å². The first kappa shape index (κ1) is 32.6. The van der Waals surface area contributed by atoms with Crippen molar-refractivity contribution in [1.29, 1.82) is 0 Å². The molecule has 1 atom stereocenters. The molecular weight excluding hydrogens is 600 g/mol. The molecule has 2 heterocycles. The molecule has 1 aliphatic rings. The van der Waals surface area contributed by atoms with Crippen LogP contribution in [0.2, 0.25) is 0 Å². The Morgan fingerprint density at radius 3 is 2.11 bits per heavy atom. The minimum Gasteiger partial charge on any atom is -0.478 e. The summed E-state index contributed by atoms with van der Waals surface area (Å²) in [5.41, 5.74) is 2.59. The lowest BCUT2D eigenvalue weighted by atomic mass is 10.0. The number of carbonyl (C=O) groups excluding carboxylic acids is 3. The molecule has 12 nitrogen and oxygen atoms in total. The smallest absolute Gasteiger partial charge is 0.409 e. The summed E-state index contributed by atoms with van der Waals surface area (Å²) < 4.78 is 5.09. The number of rotatable bonds is 11. The number of amides is 3. The highest BCUT2D eigenvalue weighted by molar-refractivity contribution is 5.97. The summed E-state index contributed by atoms with van der Waals surface area (Å²) in [5, 5.41) is 15.5. The molecule has 1 saturated heterocycles. The lowest BCUT2D eigenvalue weighted by Gasteiger charge is -2.36. The Bertz CT molecular complexity index is 1690. The summed E-state index contributed by atoms with van der Waals surface area (Å²) in [7, 11) is 0. The fourth-order valence-corrected chi connectivity index (χ4v) is 5.15. The van der Waals surface area contributed by atoms with E-state index in [0.29, 0.717) is 36.8 Å². The number of carboxylic acid groups (broad SMARTS) is 1. The number of nitrogens with zero attached hydrogens (tertiary/aromatic N) is 4. The molecule has 12 heteroatoms. The fraction of sp³-hybridized carbons (Fsp3) is 0.257. The number of anilines is 1. The molecular formula is C35H36N6O6. The summed E-state index contributed by atoms with van der Waals surface area (Å²) in [5.74, 6) is -1.18. The molecule has 242 valence electrons. The van der Waals surface area contributed by atoms with E-state index in [1.165, 1.54) is 12.1 Å². The number of hydrogen-bond donors (Lipinski definition) is 3. The van der Waals surface area contributed by atoms with Crippen molar-refractivity contribution < 1.29 is 29.0 Å². The third-order valence-electron chi connectivity index (χ3n) is 7.67. The molecule has 3 aromatic carbocycles. The number of nitrogens with one attached hydrogen (secondary N) is 2. The van der Waals surface area contributed by atoms with Gasteiger partial charge < -0.3 is 30.3 Å². The van der Waals surface area contributed by atoms with Crippen LogP contribution in [0.1, 0.15) is 38.9 Å². The molecule has 4 aromatic rings. The van der Waals surface area contributed by atoms with Crippen molar-refractivity contribution in [3.05, 3.63) is 113 Å². The van der Waals surface area contributed by atoms with Crippen LogP contribution in [0.25, 0.3) is 11.4 Å². The van der Waals surface area contributed by atoms with E-state index in [0.717, 1.165) is 11.1 Å². The molecule has 0 saturated carbocycles. The number of piperazine rings is 1. The van der Waals surface area contributed by atoms with Gasteiger partial charge in [-0.2, -0.15) is 0 Å². The highest BCUT2D eigenvalue weighted by Crippen LogP contribution is 2.19. The number of aromatic carboxylic acids is 1. The van der Waals surface area contributed by atoms with Crippen LogP contribution in [0.3, 0.4) is 0 Å². The van der Waals surface area contributed by atoms with Crippen molar-refractivity contribution >= 4 is 29.7 Å². The molecule has 3 N–H and O–H groups in total. The molecule has 0 spiro atoms. The summed E-state index contributed by atoms with van der Waals surface area (Å²) in [6, 6.07) is 25.8. The maximum Gasteiger partial charge on any atom is 0.409 e. The first-order chi connectivity index (χ1) is 22.8. The Balaban J connectivity index is 1.39. The molecule has 0 radical (unpaired) electrons. The van der Waals surface area contributed by atoms with Crippen LogP contribution in [0.15, 0.2) is 91.0 Å². The summed E-state index contributed by atoms with van der Waals surface area (Å²) >= 11 is 0. The van der Waals surface area contributed by atoms with Gasteiger partial charge in [-0.1, -0.05) is 72.8 Å². The third kappa shape index (κ3) is 8.69. The summed E-state index contributed by atoms with van der Waals surface area (Å²) in [6.07, 6.45) is -0.323. The predicted molar refractivity (Wildman–Crippen MR) is 175 cm³/mol. The molecule has 47 heavy (non-hydrogen) atoms. The Morgan fingerprint density at radius 1 is 0.830 bits per heavy atom. The lowest BCUT2D eigenvalue weighted by molar-refractivity contribution is -0.134. The van der Waals surface area contributed by atoms with E-state index in [1.54, 1.807) is 34.9 Å². The molecule has 1 aliphatic heterocycles. The second kappa shape index (κ2) is 15.5. The van der Waals surface area contributed by atoms with E-state index in [9.17, 15) is 24.3 Å². The van der Waals surface area contributed by atoms with Crippen molar-refractivity contribution in [3.63, 3.8) is 0 Å². The first-order valence-electron chi connectivity index (χ1n) is 15.4. The highest BCUT2D eigenvalue weighted by atomic mass is 16.6. The van der Waals surface area contributed by atoms with Crippen LogP contribution in [0, 0.1) is 0 Å². The van der Waals surface area contributed by atoms with Gasteiger partial charge in [-0.3, -0.25) is 9.59 Å². The largest absolute Gasteiger partial charge is 0.478 e.